The number of nitrogens with one attached hydrogen (secondary N) is 1. The van der Waals surface area contributed by atoms with E-state index in [1.807, 2.05) is 6.92 Å². The molecule has 0 aliphatic rings. The Morgan fingerprint density at radius 1 is 1.04 bits per heavy atom. The van der Waals surface area contributed by atoms with Crippen LogP contribution in [0.1, 0.15) is 16.8 Å². The first-order chi connectivity index (χ1) is 12.5. The minimum Gasteiger partial charge on any atom is -0.272 e. The lowest BCUT2D eigenvalue weighted by atomic mass is 9.94. The zero-order valence-electron chi connectivity index (χ0n) is 14.4. The number of benzene rings is 2. The summed E-state index contributed by atoms with van der Waals surface area (Å²) in [5.74, 6) is 0. The van der Waals surface area contributed by atoms with Crippen molar-refractivity contribution in [2.75, 3.05) is 0 Å². The molecule has 5 nitrogen and oxygen atoms in total. The summed E-state index contributed by atoms with van der Waals surface area (Å²) in [6.45, 7) is 3.58. The van der Waals surface area contributed by atoms with E-state index in [4.69, 9.17) is 5.14 Å². The third kappa shape index (κ3) is 3.74. The maximum Gasteiger partial charge on any atom is 0.433 e. The average Bonchev–Trinajstić information content (AvgIpc) is 2.99. The number of sulfonamides is 1. The van der Waals surface area contributed by atoms with Crippen LogP contribution in [0.2, 0.25) is 0 Å². The number of H-pyrrole nitrogens is 1. The van der Waals surface area contributed by atoms with Crippen LogP contribution in [0.4, 0.5) is 13.2 Å². The van der Waals surface area contributed by atoms with Gasteiger partial charge in [0.1, 0.15) is 11.4 Å². The quantitative estimate of drug-likeness (QED) is 0.702. The molecule has 0 aliphatic carbocycles. The molecule has 0 aliphatic heterocycles. The molecule has 2 aromatic carbocycles. The van der Waals surface area contributed by atoms with E-state index in [0.29, 0.717) is 16.7 Å². The third-order valence-electron chi connectivity index (χ3n) is 4.16. The van der Waals surface area contributed by atoms with Gasteiger partial charge in [-0.2, -0.15) is 18.3 Å². The van der Waals surface area contributed by atoms with Crippen molar-refractivity contribution in [1.29, 1.82) is 0 Å². The van der Waals surface area contributed by atoms with Gasteiger partial charge < -0.3 is 0 Å². The Balaban J connectivity index is 2.24. The molecule has 0 radical (unpaired) electrons. The van der Waals surface area contributed by atoms with Gasteiger partial charge in [0, 0.05) is 11.1 Å². The molecule has 0 saturated heterocycles. The third-order valence-corrected chi connectivity index (χ3v) is 5.09. The molecule has 3 N–H and O–H groups in total. The molecular weight excluding hydrogens is 379 g/mol. The van der Waals surface area contributed by atoms with Crippen LogP contribution in [0.25, 0.3) is 22.4 Å². The summed E-state index contributed by atoms with van der Waals surface area (Å²) in [6, 6.07) is 10.4. The van der Waals surface area contributed by atoms with Gasteiger partial charge in [-0.1, -0.05) is 35.9 Å². The van der Waals surface area contributed by atoms with Gasteiger partial charge in [-0.05, 0) is 37.1 Å². The molecule has 9 heteroatoms. The van der Waals surface area contributed by atoms with Gasteiger partial charge in [-0.3, -0.25) is 5.10 Å². The number of alkyl halides is 3. The summed E-state index contributed by atoms with van der Waals surface area (Å²) in [5, 5.41) is 11.0. The first kappa shape index (κ1) is 19.1. The second kappa shape index (κ2) is 6.50. The van der Waals surface area contributed by atoms with Crippen molar-refractivity contribution in [3.05, 3.63) is 59.3 Å². The van der Waals surface area contributed by atoms with Gasteiger partial charge in [0.25, 0.3) is 0 Å². The van der Waals surface area contributed by atoms with Crippen molar-refractivity contribution in [3.8, 4) is 22.4 Å². The molecule has 27 heavy (non-hydrogen) atoms. The van der Waals surface area contributed by atoms with Gasteiger partial charge >= 0.3 is 6.18 Å². The highest BCUT2D eigenvalue weighted by Crippen LogP contribution is 2.42. The fraction of sp³-hybridized carbons (Fsp3) is 0.167. The molecule has 0 unspecified atom stereocenters. The van der Waals surface area contributed by atoms with Gasteiger partial charge in [0.2, 0.25) is 10.0 Å². The molecule has 1 aromatic heterocycles. The van der Waals surface area contributed by atoms with Crippen molar-refractivity contribution in [3.63, 3.8) is 0 Å². The van der Waals surface area contributed by atoms with Crippen molar-refractivity contribution < 1.29 is 21.6 Å². The summed E-state index contributed by atoms with van der Waals surface area (Å²) in [5.41, 5.74) is 1.37. The number of nitrogens with zero attached hydrogens (tertiary/aromatic N) is 1. The number of aromatic nitrogens is 2. The molecule has 0 saturated carbocycles. The van der Waals surface area contributed by atoms with Gasteiger partial charge in [-0.15, -0.1) is 0 Å². The zero-order chi connectivity index (χ0) is 20.0. The highest BCUT2D eigenvalue weighted by Gasteiger charge is 2.38. The number of rotatable bonds is 3. The molecule has 1 heterocycles. The normalized spacial score (nSPS) is 12.4. The average molecular weight is 395 g/mol. The zero-order valence-corrected chi connectivity index (χ0v) is 15.2. The highest BCUT2D eigenvalue weighted by molar-refractivity contribution is 7.89. The standard InChI is InChI=1S/C18H16F3N3O2S/c1-10-3-8-14(11(2)9-10)15-16(23-24-17(15)18(19,20)21)12-4-6-13(7-5-12)27(22,25)26/h3-9H,1-2H3,(H,23,24)(H2,22,25,26). The second-order valence-electron chi connectivity index (χ2n) is 6.21. The summed E-state index contributed by atoms with van der Waals surface area (Å²) < 4.78 is 63.4. The monoisotopic (exact) mass is 395 g/mol. The van der Waals surface area contributed by atoms with E-state index in [1.165, 1.54) is 24.3 Å². The Morgan fingerprint density at radius 2 is 1.67 bits per heavy atom. The molecule has 142 valence electrons. The second-order valence-corrected chi connectivity index (χ2v) is 7.77. The van der Waals surface area contributed by atoms with Crippen molar-refractivity contribution in [2.45, 2.75) is 24.9 Å². The van der Waals surface area contributed by atoms with E-state index in [-0.39, 0.29) is 16.2 Å². The van der Waals surface area contributed by atoms with Gasteiger partial charge in [0.05, 0.1) is 4.90 Å². The Labute approximate surface area is 154 Å². The number of aromatic amines is 1. The highest BCUT2D eigenvalue weighted by atomic mass is 32.2. The van der Waals surface area contributed by atoms with Crippen molar-refractivity contribution >= 4 is 10.0 Å². The summed E-state index contributed by atoms with van der Waals surface area (Å²) in [4.78, 5) is -0.133. The number of hydrogen-bond donors (Lipinski definition) is 2. The maximum absolute atomic E-state index is 13.5. The molecule has 3 rings (SSSR count). The van der Waals surface area contributed by atoms with E-state index in [1.54, 1.807) is 25.1 Å². The number of primary sulfonamides is 1. The SMILES string of the molecule is Cc1ccc(-c2c(-c3ccc(S(N)(=O)=O)cc3)n[nH]c2C(F)(F)F)c(C)c1. The van der Waals surface area contributed by atoms with Crippen LogP contribution in [0.15, 0.2) is 47.4 Å². The van der Waals surface area contributed by atoms with Crippen LogP contribution in [0.5, 0.6) is 0 Å². The minimum atomic E-state index is -4.63. The molecule has 3 aromatic rings. The molecule has 0 fully saturated rings. The number of halogens is 3. The van der Waals surface area contributed by atoms with Crippen LogP contribution in [0, 0.1) is 13.8 Å². The number of nitrogens with two attached hydrogens (primary N) is 1. The van der Waals surface area contributed by atoms with Crippen LogP contribution >= 0.6 is 0 Å². The number of hydrogen-bond acceptors (Lipinski definition) is 3. The van der Waals surface area contributed by atoms with Crippen molar-refractivity contribution in [2.24, 2.45) is 5.14 Å². The van der Waals surface area contributed by atoms with Gasteiger partial charge in [-0.25, -0.2) is 13.6 Å². The lowest BCUT2D eigenvalue weighted by molar-refractivity contribution is -0.140. The van der Waals surface area contributed by atoms with E-state index in [9.17, 15) is 21.6 Å². The molecule has 0 bridgehead atoms. The summed E-state index contributed by atoms with van der Waals surface area (Å²) >= 11 is 0. The molecule has 0 spiro atoms. The molecule has 0 atom stereocenters. The lowest BCUT2D eigenvalue weighted by Gasteiger charge is -2.12. The Kier molecular flexibility index (Phi) is 4.61. The van der Waals surface area contributed by atoms with Crippen LogP contribution in [-0.2, 0) is 16.2 Å². The largest absolute Gasteiger partial charge is 0.433 e. The van der Waals surface area contributed by atoms with Gasteiger partial charge in [0.15, 0.2) is 0 Å². The van der Waals surface area contributed by atoms with Crippen LogP contribution < -0.4 is 5.14 Å². The predicted molar refractivity (Wildman–Crippen MR) is 95.3 cm³/mol. The van der Waals surface area contributed by atoms with E-state index in [0.717, 1.165) is 5.56 Å². The smallest absolute Gasteiger partial charge is 0.272 e. The van der Waals surface area contributed by atoms with Crippen LogP contribution in [-0.4, -0.2) is 18.6 Å². The Morgan fingerprint density at radius 3 is 2.19 bits per heavy atom. The van der Waals surface area contributed by atoms with E-state index in [2.05, 4.69) is 10.2 Å². The van der Waals surface area contributed by atoms with Crippen LogP contribution in [0.3, 0.4) is 0 Å². The fourth-order valence-electron chi connectivity index (χ4n) is 2.91. The summed E-state index contributed by atoms with van der Waals surface area (Å²) in [7, 11) is -3.90. The Bertz CT molecular complexity index is 1100. The van der Waals surface area contributed by atoms with Crippen molar-refractivity contribution in [1.82, 2.24) is 10.2 Å². The predicted octanol–water partition coefficient (Wildman–Crippen LogP) is 4.03. The van der Waals surface area contributed by atoms with E-state index >= 15 is 0 Å². The fourth-order valence-corrected chi connectivity index (χ4v) is 3.43. The first-order valence-electron chi connectivity index (χ1n) is 7.85. The number of aryl methyl sites for hydroxylation is 2. The summed E-state index contributed by atoms with van der Waals surface area (Å²) in [6.07, 6.45) is -4.63. The van der Waals surface area contributed by atoms with E-state index < -0.39 is 21.9 Å². The molecular formula is C18H16F3N3O2S. The maximum atomic E-state index is 13.5. The first-order valence-corrected chi connectivity index (χ1v) is 9.39. The minimum absolute atomic E-state index is 0.0789. The topological polar surface area (TPSA) is 88.8 Å². The Hall–Kier alpha value is -2.65. The molecule has 0 amide bonds. The lowest BCUT2D eigenvalue weighted by Crippen LogP contribution is -2.11.